The van der Waals surface area contributed by atoms with Gasteiger partial charge >= 0.3 is 0 Å². The summed E-state index contributed by atoms with van der Waals surface area (Å²) in [5, 5.41) is 7.53. The minimum absolute atomic E-state index is 0.418. The Kier molecular flexibility index (Phi) is 6.62. The van der Waals surface area contributed by atoms with Gasteiger partial charge in [0.05, 0.1) is 17.6 Å². The topological polar surface area (TPSA) is 64.7 Å². The molecule has 32 heavy (non-hydrogen) atoms. The van der Waals surface area contributed by atoms with Crippen molar-refractivity contribution in [3.63, 3.8) is 0 Å². The van der Waals surface area contributed by atoms with E-state index in [1.165, 1.54) is 5.56 Å². The molecule has 0 spiro atoms. The Bertz CT molecular complexity index is 1270. The van der Waals surface area contributed by atoms with Crippen molar-refractivity contribution in [3.05, 3.63) is 102 Å². The van der Waals surface area contributed by atoms with Crippen LogP contribution in [-0.2, 0) is 11.3 Å². The molecular weight excluding hydrogens is 398 g/mol. The zero-order chi connectivity index (χ0) is 22.2. The Hall–Kier alpha value is -4.33. The van der Waals surface area contributed by atoms with Crippen molar-refractivity contribution in [3.8, 4) is 17.5 Å². The second-order valence-electron chi connectivity index (χ2n) is 7.36. The highest BCUT2D eigenvalue weighted by Crippen LogP contribution is 2.19. The lowest BCUT2D eigenvalue weighted by Gasteiger charge is -2.11. The van der Waals surface area contributed by atoms with Gasteiger partial charge in [0.2, 0.25) is 0 Å². The number of imidazole rings is 1. The molecule has 0 atom stereocenters. The van der Waals surface area contributed by atoms with Crippen LogP contribution in [0, 0.1) is 18.8 Å². The maximum absolute atomic E-state index is 11.7. The molecule has 1 N–H and O–H groups in total. The van der Waals surface area contributed by atoms with Crippen molar-refractivity contribution in [2.45, 2.75) is 19.9 Å². The van der Waals surface area contributed by atoms with Crippen LogP contribution in [0.25, 0.3) is 11.4 Å². The molecule has 0 aliphatic carbocycles. The molecule has 0 unspecified atom stereocenters. The minimum Gasteiger partial charge on any atom is -0.376 e. The Balaban J connectivity index is 1.56. The largest absolute Gasteiger partial charge is 0.376 e. The molecule has 0 saturated heterocycles. The molecule has 6 nitrogen and oxygen atoms in total. The quantitative estimate of drug-likeness (QED) is 0.281. The standard InChI is InChI=1S/C26H23N5O/c1-21-4-6-22(7-5-21)8-9-24-18-23(10-11-26(24)31-16-3-13-29-31)25(19-32)28-12-2-15-30-17-14-27-20-30/h3-7,10-11,13-14,16-18,20,28H,2,12,15H2,1H3. The molecule has 2 aromatic carbocycles. The van der Waals surface area contributed by atoms with Gasteiger partial charge in [-0.3, -0.25) is 0 Å². The molecule has 4 rings (SSSR count). The Morgan fingerprint density at radius 2 is 1.94 bits per heavy atom. The minimum atomic E-state index is 0.418. The molecule has 158 valence electrons. The van der Waals surface area contributed by atoms with Crippen LogP contribution in [0.3, 0.4) is 0 Å². The van der Waals surface area contributed by atoms with Gasteiger partial charge < -0.3 is 9.88 Å². The summed E-state index contributed by atoms with van der Waals surface area (Å²) < 4.78 is 3.77. The number of carbonyl (C=O) groups excluding carboxylic acids is 1. The summed E-state index contributed by atoms with van der Waals surface area (Å²) in [6.07, 6.45) is 9.91. The van der Waals surface area contributed by atoms with Crippen LogP contribution in [0.5, 0.6) is 0 Å². The summed E-state index contributed by atoms with van der Waals surface area (Å²) in [5.74, 6) is 8.50. The summed E-state index contributed by atoms with van der Waals surface area (Å²) in [4.78, 5) is 15.7. The average molecular weight is 422 g/mol. The smallest absolute Gasteiger partial charge is 0.150 e. The molecule has 0 radical (unpaired) electrons. The summed E-state index contributed by atoms with van der Waals surface area (Å²) in [6, 6.07) is 15.6. The fourth-order valence-electron chi connectivity index (χ4n) is 3.27. The summed E-state index contributed by atoms with van der Waals surface area (Å²) in [6.45, 7) is 3.52. The number of hydrogen-bond donors (Lipinski definition) is 1. The van der Waals surface area contributed by atoms with Crippen molar-refractivity contribution in [2.24, 2.45) is 0 Å². The lowest BCUT2D eigenvalue weighted by Crippen LogP contribution is -2.16. The zero-order valence-electron chi connectivity index (χ0n) is 17.8. The van der Waals surface area contributed by atoms with Gasteiger partial charge in [-0.25, -0.2) is 14.5 Å². The van der Waals surface area contributed by atoms with Crippen molar-refractivity contribution in [2.75, 3.05) is 6.54 Å². The van der Waals surface area contributed by atoms with Gasteiger partial charge in [0, 0.05) is 49.0 Å². The third-order valence-electron chi connectivity index (χ3n) is 4.99. The second kappa shape index (κ2) is 10.1. The van der Waals surface area contributed by atoms with Crippen LogP contribution in [0.2, 0.25) is 0 Å². The van der Waals surface area contributed by atoms with E-state index in [9.17, 15) is 4.79 Å². The first kappa shape index (κ1) is 20.9. The Labute approximate surface area is 187 Å². The van der Waals surface area contributed by atoms with E-state index in [1.807, 2.05) is 78.4 Å². The SMILES string of the molecule is Cc1ccc(C#Cc2cc(C(=C=O)NCCCn3ccnc3)ccc2-n2cccn2)cc1. The molecule has 0 saturated carbocycles. The van der Waals surface area contributed by atoms with Crippen molar-refractivity contribution in [1.82, 2.24) is 24.6 Å². The summed E-state index contributed by atoms with van der Waals surface area (Å²) >= 11 is 0. The molecule has 2 aromatic heterocycles. The number of hydrogen-bond acceptors (Lipinski definition) is 4. The predicted octanol–water partition coefficient (Wildman–Crippen LogP) is 3.63. The Morgan fingerprint density at radius 3 is 2.66 bits per heavy atom. The van der Waals surface area contributed by atoms with Crippen LogP contribution in [0.4, 0.5) is 0 Å². The van der Waals surface area contributed by atoms with Gasteiger partial charge in [-0.15, -0.1) is 0 Å². The van der Waals surface area contributed by atoms with Crippen molar-refractivity contribution < 1.29 is 4.79 Å². The van der Waals surface area contributed by atoms with E-state index in [0.717, 1.165) is 35.3 Å². The van der Waals surface area contributed by atoms with Crippen LogP contribution in [0.1, 0.15) is 28.7 Å². The van der Waals surface area contributed by atoms with E-state index < -0.39 is 0 Å². The molecule has 0 fully saturated rings. The molecular formula is C26H23N5O. The van der Waals surface area contributed by atoms with Crippen LogP contribution >= 0.6 is 0 Å². The van der Waals surface area contributed by atoms with Crippen LogP contribution in [-0.4, -0.2) is 31.8 Å². The van der Waals surface area contributed by atoms with Gasteiger partial charge in [0.25, 0.3) is 0 Å². The number of nitrogens with zero attached hydrogens (tertiary/aromatic N) is 4. The van der Waals surface area contributed by atoms with E-state index in [1.54, 1.807) is 23.4 Å². The highest BCUT2D eigenvalue weighted by Gasteiger charge is 2.09. The highest BCUT2D eigenvalue weighted by molar-refractivity contribution is 5.87. The van der Waals surface area contributed by atoms with E-state index in [-0.39, 0.29) is 0 Å². The maximum atomic E-state index is 11.7. The van der Waals surface area contributed by atoms with E-state index in [2.05, 4.69) is 27.2 Å². The van der Waals surface area contributed by atoms with Gasteiger partial charge in [-0.2, -0.15) is 5.10 Å². The van der Waals surface area contributed by atoms with E-state index in [4.69, 9.17) is 0 Å². The van der Waals surface area contributed by atoms with Gasteiger partial charge in [-0.1, -0.05) is 29.5 Å². The fourth-order valence-corrected chi connectivity index (χ4v) is 3.27. The van der Waals surface area contributed by atoms with Gasteiger partial charge in [0.15, 0.2) is 5.94 Å². The number of benzene rings is 2. The summed E-state index contributed by atoms with van der Waals surface area (Å²) in [7, 11) is 0. The van der Waals surface area contributed by atoms with Crippen molar-refractivity contribution in [1.29, 1.82) is 0 Å². The number of aromatic nitrogens is 4. The monoisotopic (exact) mass is 421 g/mol. The first-order chi connectivity index (χ1) is 15.7. The molecule has 0 bridgehead atoms. The van der Waals surface area contributed by atoms with Crippen LogP contribution in [0.15, 0.2) is 79.6 Å². The van der Waals surface area contributed by atoms with Crippen molar-refractivity contribution >= 4 is 11.6 Å². The first-order valence-electron chi connectivity index (χ1n) is 10.4. The van der Waals surface area contributed by atoms with E-state index >= 15 is 0 Å². The summed E-state index contributed by atoms with van der Waals surface area (Å²) in [5.41, 5.74) is 4.90. The molecule has 0 amide bonds. The van der Waals surface area contributed by atoms with Crippen LogP contribution < -0.4 is 5.32 Å². The third kappa shape index (κ3) is 5.23. The van der Waals surface area contributed by atoms with E-state index in [0.29, 0.717) is 12.2 Å². The molecule has 2 heterocycles. The maximum Gasteiger partial charge on any atom is 0.150 e. The predicted molar refractivity (Wildman–Crippen MR) is 125 cm³/mol. The molecule has 6 heteroatoms. The average Bonchev–Trinajstić information content (AvgIpc) is 3.53. The van der Waals surface area contributed by atoms with Gasteiger partial charge in [0.1, 0.15) is 5.70 Å². The first-order valence-corrected chi connectivity index (χ1v) is 10.4. The fraction of sp³-hybridized carbons (Fsp3) is 0.154. The third-order valence-corrected chi connectivity index (χ3v) is 4.99. The highest BCUT2D eigenvalue weighted by atomic mass is 16.1. The second-order valence-corrected chi connectivity index (χ2v) is 7.36. The number of aryl methyl sites for hydroxylation is 2. The lowest BCUT2D eigenvalue weighted by molar-refractivity contribution is 0.567. The van der Waals surface area contributed by atoms with Gasteiger partial charge in [-0.05, 0) is 49.7 Å². The molecule has 0 aliphatic heterocycles. The molecule has 0 aliphatic rings. The normalized spacial score (nSPS) is 10.2. The Morgan fingerprint density at radius 1 is 1.06 bits per heavy atom. The molecule has 4 aromatic rings. The number of nitrogens with one attached hydrogen (secondary N) is 1. The zero-order valence-corrected chi connectivity index (χ0v) is 17.8. The number of rotatable bonds is 7. The lowest BCUT2D eigenvalue weighted by atomic mass is 10.1.